The first-order valence-electron chi connectivity index (χ1n) is 6.07. The van der Waals surface area contributed by atoms with Crippen LogP contribution in [0.25, 0.3) is 27.3 Å². The van der Waals surface area contributed by atoms with Crippen LogP contribution in [0.5, 0.6) is 0 Å². The number of aromatic nitrogens is 3. The Balaban J connectivity index is 2.44. The fourth-order valence-electron chi connectivity index (χ4n) is 2.66. The van der Waals surface area contributed by atoms with Gasteiger partial charge in [-0.2, -0.15) is 0 Å². The number of pyridine rings is 1. The summed E-state index contributed by atoms with van der Waals surface area (Å²) in [6, 6.07) is 14.6. The number of rotatable bonds is 0. The van der Waals surface area contributed by atoms with E-state index >= 15 is 0 Å². The maximum atomic E-state index is 4.32. The van der Waals surface area contributed by atoms with Crippen LogP contribution in [0, 0.1) is 6.92 Å². The van der Waals surface area contributed by atoms with Crippen LogP contribution in [0.2, 0.25) is 0 Å². The number of halogens is 1. The van der Waals surface area contributed by atoms with E-state index in [9.17, 15) is 0 Å². The van der Waals surface area contributed by atoms with Crippen molar-refractivity contribution in [1.29, 1.82) is 0 Å². The van der Waals surface area contributed by atoms with E-state index in [0.29, 0.717) is 0 Å². The third-order valence-electron chi connectivity index (χ3n) is 3.48. The highest BCUT2D eigenvalue weighted by molar-refractivity contribution is 9.10. The summed E-state index contributed by atoms with van der Waals surface area (Å²) in [7, 11) is 0. The number of aryl methyl sites for hydroxylation is 1. The van der Waals surface area contributed by atoms with Crippen LogP contribution >= 0.6 is 15.9 Å². The molecule has 0 saturated carbocycles. The van der Waals surface area contributed by atoms with Gasteiger partial charge in [0.05, 0.1) is 5.52 Å². The normalized spacial score (nSPS) is 11.7. The summed E-state index contributed by atoms with van der Waals surface area (Å²) in [5.41, 5.74) is 2.06. The van der Waals surface area contributed by atoms with Crippen molar-refractivity contribution in [2.75, 3.05) is 0 Å². The van der Waals surface area contributed by atoms with Crippen LogP contribution in [-0.2, 0) is 0 Å². The Bertz CT molecular complexity index is 940. The molecule has 0 saturated heterocycles. The predicted molar refractivity (Wildman–Crippen MR) is 80.4 cm³/mol. The average Bonchev–Trinajstić information content (AvgIpc) is 2.82. The first-order chi connectivity index (χ1) is 9.25. The van der Waals surface area contributed by atoms with E-state index in [1.54, 1.807) is 0 Å². The van der Waals surface area contributed by atoms with E-state index in [1.165, 1.54) is 10.8 Å². The standard InChI is InChI=1S/C15H10BrN3/c1-9-17-18-15-12-5-3-2-4-11(12)13-8-10(16)6-7-14(13)19(9)15/h2-8H,1H3. The summed E-state index contributed by atoms with van der Waals surface area (Å²) in [6.45, 7) is 1.98. The lowest BCUT2D eigenvalue weighted by molar-refractivity contribution is 1.02. The summed E-state index contributed by atoms with van der Waals surface area (Å²) < 4.78 is 3.19. The van der Waals surface area contributed by atoms with Crippen molar-refractivity contribution in [2.24, 2.45) is 0 Å². The molecule has 0 unspecified atom stereocenters. The zero-order valence-corrected chi connectivity index (χ0v) is 11.8. The number of benzene rings is 2. The molecule has 0 fully saturated rings. The van der Waals surface area contributed by atoms with Gasteiger partial charge in [-0.05, 0) is 30.5 Å². The molecular formula is C15H10BrN3. The molecule has 0 N–H and O–H groups in total. The molecule has 4 heteroatoms. The van der Waals surface area contributed by atoms with Crippen molar-refractivity contribution in [3.05, 3.63) is 52.8 Å². The van der Waals surface area contributed by atoms with Gasteiger partial charge >= 0.3 is 0 Å². The van der Waals surface area contributed by atoms with Crippen molar-refractivity contribution < 1.29 is 0 Å². The minimum atomic E-state index is 0.910. The molecule has 0 bridgehead atoms. The van der Waals surface area contributed by atoms with Gasteiger partial charge in [0.25, 0.3) is 0 Å². The van der Waals surface area contributed by atoms with E-state index in [4.69, 9.17) is 0 Å². The Morgan fingerprint density at radius 2 is 1.74 bits per heavy atom. The summed E-state index contributed by atoms with van der Waals surface area (Å²) in [4.78, 5) is 0. The van der Waals surface area contributed by atoms with Gasteiger partial charge in [-0.3, -0.25) is 4.40 Å². The van der Waals surface area contributed by atoms with Crippen molar-refractivity contribution in [3.63, 3.8) is 0 Å². The molecule has 2 aromatic carbocycles. The van der Waals surface area contributed by atoms with Gasteiger partial charge in [-0.25, -0.2) is 0 Å². The van der Waals surface area contributed by atoms with E-state index in [0.717, 1.165) is 26.8 Å². The minimum Gasteiger partial charge on any atom is -0.279 e. The zero-order valence-electron chi connectivity index (χ0n) is 10.3. The molecule has 4 rings (SSSR count). The molecule has 2 aromatic heterocycles. The first-order valence-corrected chi connectivity index (χ1v) is 6.87. The van der Waals surface area contributed by atoms with Gasteiger partial charge in [-0.1, -0.05) is 40.2 Å². The largest absolute Gasteiger partial charge is 0.279 e. The monoisotopic (exact) mass is 311 g/mol. The smallest absolute Gasteiger partial charge is 0.169 e. The number of hydrogen-bond donors (Lipinski definition) is 0. The molecule has 0 aliphatic carbocycles. The third-order valence-corrected chi connectivity index (χ3v) is 3.98. The van der Waals surface area contributed by atoms with Gasteiger partial charge in [0.2, 0.25) is 0 Å². The highest BCUT2D eigenvalue weighted by atomic mass is 79.9. The second kappa shape index (κ2) is 3.78. The third kappa shape index (κ3) is 1.43. The van der Waals surface area contributed by atoms with Crippen LogP contribution in [0.4, 0.5) is 0 Å². The SMILES string of the molecule is Cc1nnc2c3ccccc3c3cc(Br)ccc3n12. The highest BCUT2D eigenvalue weighted by Crippen LogP contribution is 2.30. The van der Waals surface area contributed by atoms with Crippen molar-refractivity contribution in [1.82, 2.24) is 14.6 Å². The molecule has 92 valence electrons. The lowest BCUT2D eigenvalue weighted by atomic mass is 10.1. The molecule has 3 nitrogen and oxygen atoms in total. The number of nitrogens with zero attached hydrogens (tertiary/aromatic N) is 3. The van der Waals surface area contributed by atoms with Gasteiger partial charge in [0.15, 0.2) is 5.65 Å². The summed E-state index contributed by atoms with van der Waals surface area (Å²) in [5.74, 6) is 0.910. The maximum absolute atomic E-state index is 4.32. The van der Waals surface area contributed by atoms with Crippen LogP contribution in [-0.4, -0.2) is 14.6 Å². The van der Waals surface area contributed by atoms with Gasteiger partial charge in [-0.15, -0.1) is 10.2 Å². The molecule has 0 spiro atoms. The topological polar surface area (TPSA) is 30.2 Å². The Morgan fingerprint density at radius 3 is 2.58 bits per heavy atom. The second-order valence-electron chi connectivity index (χ2n) is 4.61. The van der Waals surface area contributed by atoms with Crippen molar-refractivity contribution in [2.45, 2.75) is 6.92 Å². The zero-order chi connectivity index (χ0) is 13.0. The van der Waals surface area contributed by atoms with E-state index in [1.807, 2.05) is 13.0 Å². The molecule has 0 aliphatic rings. The maximum Gasteiger partial charge on any atom is 0.169 e. The molecule has 19 heavy (non-hydrogen) atoms. The Hall–Kier alpha value is -1.94. The van der Waals surface area contributed by atoms with E-state index in [-0.39, 0.29) is 0 Å². The highest BCUT2D eigenvalue weighted by Gasteiger charge is 2.11. The van der Waals surface area contributed by atoms with Gasteiger partial charge < -0.3 is 0 Å². The Labute approximate surface area is 118 Å². The fraction of sp³-hybridized carbons (Fsp3) is 0.0667. The Morgan fingerprint density at radius 1 is 0.947 bits per heavy atom. The van der Waals surface area contributed by atoms with Gasteiger partial charge in [0, 0.05) is 15.2 Å². The molecule has 2 heterocycles. The molecule has 0 atom stereocenters. The molecule has 4 aromatic rings. The van der Waals surface area contributed by atoms with Crippen LogP contribution in [0.3, 0.4) is 0 Å². The minimum absolute atomic E-state index is 0.910. The number of hydrogen-bond acceptors (Lipinski definition) is 2. The summed E-state index contributed by atoms with van der Waals surface area (Å²) >= 11 is 3.55. The van der Waals surface area contributed by atoms with Crippen LogP contribution in [0.15, 0.2) is 46.9 Å². The Kier molecular flexibility index (Phi) is 2.17. The lowest BCUT2D eigenvalue weighted by Crippen LogP contribution is -1.93. The predicted octanol–water partition coefficient (Wildman–Crippen LogP) is 4.11. The van der Waals surface area contributed by atoms with E-state index < -0.39 is 0 Å². The van der Waals surface area contributed by atoms with Crippen LogP contribution in [0.1, 0.15) is 5.82 Å². The summed E-state index contributed by atoms with van der Waals surface area (Å²) in [5, 5.41) is 12.1. The molecule has 0 radical (unpaired) electrons. The molecule has 0 aliphatic heterocycles. The quantitative estimate of drug-likeness (QED) is 0.457. The first kappa shape index (κ1) is 10.9. The lowest BCUT2D eigenvalue weighted by Gasteiger charge is -2.08. The second-order valence-corrected chi connectivity index (χ2v) is 5.53. The number of fused-ring (bicyclic) bond motifs is 6. The van der Waals surface area contributed by atoms with E-state index in [2.05, 4.69) is 66.9 Å². The summed E-state index contributed by atoms with van der Waals surface area (Å²) in [6.07, 6.45) is 0. The van der Waals surface area contributed by atoms with Crippen molar-refractivity contribution >= 4 is 43.3 Å². The van der Waals surface area contributed by atoms with Gasteiger partial charge in [0.1, 0.15) is 5.82 Å². The molecule has 0 amide bonds. The van der Waals surface area contributed by atoms with Crippen LogP contribution < -0.4 is 0 Å². The molecular weight excluding hydrogens is 302 g/mol. The van der Waals surface area contributed by atoms with Crippen molar-refractivity contribution in [3.8, 4) is 0 Å². The fourth-order valence-corrected chi connectivity index (χ4v) is 3.02. The average molecular weight is 312 g/mol.